The van der Waals surface area contributed by atoms with Gasteiger partial charge in [-0.15, -0.1) is 0 Å². The van der Waals surface area contributed by atoms with Gasteiger partial charge in [0.1, 0.15) is 11.6 Å². The number of ether oxygens (including phenoxy) is 2. The van der Waals surface area contributed by atoms with Gasteiger partial charge in [-0.3, -0.25) is 4.79 Å². The zero-order valence-corrected chi connectivity index (χ0v) is 21.1. The van der Waals surface area contributed by atoms with Crippen molar-refractivity contribution < 1.29 is 36.2 Å². The van der Waals surface area contributed by atoms with Crippen LogP contribution in [0.25, 0.3) is 11.5 Å². The lowest BCUT2D eigenvalue weighted by molar-refractivity contribution is -0.0515. The van der Waals surface area contributed by atoms with Gasteiger partial charge in [0.05, 0.1) is 24.1 Å². The number of halogens is 4. The maximum Gasteiger partial charge on any atom is 0.387 e. The van der Waals surface area contributed by atoms with Crippen molar-refractivity contribution in [3.8, 4) is 23.0 Å². The first-order valence-electron chi connectivity index (χ1n) is 11.7. The van der Waals surface area contributed by atoms with Crippen LogP contribution in [0.4, 0.5) is 17.6 Å². The second kappa shape index (κ2) is 11.6. The topological polar surface area (TPSA) is 126 Å². The summed E-state index contributed by atoms with van der Waals surface area (Å²) in [5.74, 6) is -2.29. The van der Waals surface area contributed by atoms with Crippen molar-refractivity contribution in [3.05, 3.63) is 65.1 Å². The molecule has 38 heavy (non-hydrogen) atoms. The number of rotatable bonds is 11. The van der Waals surface area contributed by atoms with Crippen molar-refractivity contribution in [1.82, 2.24) is 10.3 Å². The summed E-state index contributed by atoms with van der Waals surface area (Å²) in [6, 6.07) is 5.02. The Balaban J connectivity index is 1.65. The van der Waals surface area contributed by atoms with E-state index in [0.717, 1.165) is 25.0 Å². The molecule has 3 atom stereocenters. The maximum absolute atomic E-state index is 14.4. The number of aromatic nitrogens is 1. The highest BCUT2D eigenvalue weighted by atomic mass is 32.1. The van der Waals surface area contributed by atoms with E-state index >= 15 is 0 Å². The Morgan fingerprint density at radius 3 is 2.53 bits per heavy atom. The summed E-state index contributed by atoms with van der Waals surface area (Å²) in [5, 5.41) is 1.48. The number of oxazole rings is 1. The van der Waals surface area contributed by atoms with Crippen molar-refractivity contribution in [1.29, 1.82) is 0 Å². The van der Waals surface area contributed by atoms with Crippen molar-refractivity contribution in [2.24, 2.45) is 17.4 Å². The largest absolute Gasteiger partial charge is 0.489 e. The highest BCUT2D eigenvalue weighted by Crippen LogP contribution is 2.37. The minimum absolute atomic E-state index is 0.0110. The average molecular weight is 555 g/mol. The van der Waals surface area contributed by atoms with Crippen molar-refractivity contribution in [2.45, 2.75) is 43.8 Å². The SMILES string of the molecule is C[C@H](N)c1oc(-c2ccc(OC(F)F)c(OCC3CC3)c2)nc1C(=O)NC(c1ccc(F)cc1F)[C@@H](N)S. The molecular weight excluding hydrogens is 528 g/mol. The predicted molar refractivity (Wildman–Crippen MR) is 133 cm³/mol. The number of nitrogens with one attached hydrogen (secondary N) is 1. The lowest BCUT2D eigenvalue weighted by Crippen LogP contribution is -2.39. The Bertz CT molecular complexity index is 1300. The van der Waals surface area contributed by atoms with E-state index in [9.17, 15) is 22.4 Å². The van der Waals surface area contributed by atoms with E-state index in [-0.39, 0.29) is 34.4 Å². The molecule has 1 unspecified atom stereocenters. The number of benzene rings is 2. The summed E-state index contributed by atoms with van der Waals surface area (Å²) in [7, 11) is 0. The van der Waals surface area contributed by atoms with E-state index in [1.807, 2.05) is 0 Å². The molecule has 1 heterocycles. The van der Waals surface area contributed by atoms with Gasteiger partial charge in [0.15, 0.2) is 23.0 Å². The lowest BCUT2D eigenvalue weighted by atomic mass is 10.1. The molecule has 5 N–H and O–H groups in total. The molecule has 204 valence electrons. The number of nitrogens with two attached hydrogens (primary N) is 2. The molecule has 1 aliphatic rings. The second-order valence-electron chi connectivity index (χ2n) is 8.92. The zero-order chi connectivity index (χ0) is 27.6. The summed E-state index contributed by atoms with van der Waals surface area (Å²) in [5.41, 5.74) is 11.9. The van der Waals surface area contributed by atoms with Gasteiger partial charge >= 0.3 is 6.61 Å². The number of hydrogen-bond acceptors (Lipinski definition) is 8. The Kier molecular flexibility index (Phi) is 8.48. The van der Waals surface area contributed by atoms with Gasteiger partial charge in [-0.05, 0) is 49.9 Å². The minimum atomic E-state index is -3.05. The molecule has 0 bridgehead atoms. The zero-order valence-electron chi connectivity index (χ0n) is 20.2. The fourth-order valence-electron chi connectivity index (χ4n) is 3.68. The van der Waals surface area contributed by atoms with E-state index in [4.69, 9.17) is 20.6 Å². The number of amides is 1. The normalized spacial score (nSPS) is 15.7. The summed E-state index contributed by atoms with van der Waals surface area (Å²) < 4.78 is 69.5. The molecule has 1 saturated carbocycles. The number of alkyl halides is 2. The van der Waals surface area contributed by atoms with Crippen LogP contribution in [0.1, 0.15) is 53.7 Å². The van der Waals surface area contributed by atoms with E-state index in [2.05, 4.69) is 27.7 Å². The quantitative estimate of drug-likeness (QED) is 0.154. The number of carbonyl (C=O) groups is 1. The molecule has 2 aromatic carbocycles. The van der Waals surface area contributed by atoms with E-state index in [1.54, 1.807) is 6.92 Å². The minimum Gasteiger partial charge on any atom is -0.489 e. The third kappa shape index (κ3) is 6.58. The standard InChI is InChI=1S/C25H26F4N4O4S/c1-11(30)21-20(23(34)32-19(22(31)38)15-6-5-14(26)9-16(15)27)33-24(37-21)13-4-7-17(36-25(28)29)18(8-13)35-10-12-2-3-12/h4-9,11-12,19,22,25,38H,2-3,10,30-31H2,1H3,(H,32,34)/t11-,19?,22-/m0/s1. The summed E-state index contributed by atoms with van der Waals surface area (Å²) in [6.07, 6.45) is 1.97. The number of nitrogens with zero attached hydrogens (tertiary/aromatic N) is 1. The Morgan fingerprint density at radius 1 is 1.18 bits per heavy atom. The van der Waals surface area contributed by atoms with Crippen LogP contribution in [0.2, 0.25) is 0 Å². The van der Waals surface area contributed by atoms with Crippen LogP contribution in [0, 0.1) is 17.6 Å². The van der Waals surface area contributed by atoms with Gasteiger partial charge in [-0.2, -0.15) is 21.4 Å². The van der Waals surface area contributed by atoms with Crippen LogP contribution < -0.4 is 26.3 Å². The summed E-state index contributed by atoms with van der Waals surface area (Å²) in [4.78, 5) is 17.5. The summed E-state index contributed by atoms with van der Waals surface area (Å²) in [6.45, 7) is -1.16. The summed E-state index contributed by atoms with van der Waals surface area (Å²) >= 11 is 4.13. The molecule has 13 heteroatoms. The first-order chi connectivity index (χ1) is 18.0. The molecule has 1 amide bonds. The highest BCUT2D eigenvalue weighted by molar-refractivity contribution is 7.80. The van der Waals surface area contributed by atoms with Crippen LogP contribution >= 0.6 is 12.6 Å². The molecule has 0 saturated heterocycles. The molecule has 1 aromatic heterocycles. The third-order valence-corrected chi connectivity index (χ3v) is 6.08. The third-order valence-electron chi connectivity index (χ3n) is 5.79. The Morgan fingerprint density at radius 2 is 1.92 bits per heavy atom. The smallest absolute Gasteiger partial charge is 0.387 e. The van der Waals surface area contributed by atoms with Crippen LogP contribution in [-0.2, 0) is 0 Å². The number of carbonyl (C=O) groups excluding carboxylic acids is 1. The fourth-order valence-corrected chi connectivity index (χ4v) is 3.91. The fraction of sp³-hybridized carbons (Fsp3) is 0.360. The molecule has 0 aliphatic heterocycles. The van der Waals surface area contributed by atoms with E-state index < -0.39 is 41.6 Å². The number of hydrogen-bond donors (Lipinski definition) is 4. The molecule has 4 rings (SSSR count). The predicted octanol–water partition coefficient (Wildman–Crippen LogP) is 4.72. The molecule has 0 spiro atoms. The molecule has 1 aliphatic carbocycles. The van der Waals surface area contributed by atoms with Crippen LogP contribution in [-0.4, -0.2) is 29.5 Å². The van der Waals surface area contributed by atoms with Crippen LogP contribution in [0.15, 0.2) is 40.8 Å². The van der Waals surface area contributed by atoms with Crippen molar-refractivity contribution in [2.75, 3.05) is 6.61 Å². The van der Waals surface area contributed by atoms with Gasteiger partial charge < -0.3 is 30.7 Å². The highest BCUT2D eigenvalue weighted by Gasteiger charge is 2.29. The maximum atomic E-state index is 14.4. The van der Waals surface area contributed by atoms with Gasteiger partial charge in [0, 0.05) is 17.2 Å². The molecule has 1 fully saturated rings. The number of thiol groups is 1. The van der Waals surface area contributed by atoms with E-state index in [0.29, 0.717) is 24.2 Å². The lowest BCUT2D eigenvalue weighted by Gasteiger charge is -2.22. The van der Waals surface area contributed by atoms with Crippen molar-refractivity contribution >= 4 is 18.5 Å². The molecule has 3 aromatic rings. The van der Waals surface area contributed by atoms with Crippen molar-refractivity contribution in [3.63, 3.8) is 0 Å². The van der Waals surface area contributed by atoms with Gasteiger partial charge in [-0.1, -0.05) is 6.07 Å². The second-order valence-corrected chi connectivity index (χ2v) is 9.52. The van der Waals surface area contributed by atoms with Crippen LogP contribution in [0.5, 0.6) is 11.5 Å². The Hall–Kier alpha value is -3.29. The van der Waals surface area contributed by atoms with Gasteiger partial charge in [0.2, 0.25) is 5.89 Å². The first kappa shape index (κ1) is 27.7. The van der Waals surface area contributed by atoms with E-state index in [1.165, 1.54) is 18.2 Å². The average Bonchev–Trinajstić information content (AvgIpc) is 3.56. The first-order valence-corrected chi connectivity index (χ1v) is 12.2. The Labute approximate surface area is 221 Å². The van der Waals surface area contributed by atoms with Gasteiger partial charge in [0.25, 0.3) is 5.91 Å². The monoisotopic (exact) mass is 554 g/mol. The van der Waals surface area contributed by atoms with Gasteiger partial charge in [-0.25, -0.2) is 13.8 Å². The molecule has 8 nitrogen and oxygen atoms in total. The molecule has 0 radical (unpaired) electrons. The molecular formula is C25H26F4N4O4S. The van der Waals surface area contributed by atoms with Crippen LogP contribution in [0.3, 0.4) is 0 Å².